The van der Waals surface area contributed by atoms with Gasteiger partial charge in [0.2, 0.25) is 0 Å². The topological polar surface area (TPSA) is 38.5 Å². The zero-order valence-electron chi connectivity index (χ0n) is 12.5. The van der Waals surface area contributed by atoms with Crippen LogP contribution in [-0.4, -0.2) is 25.6 Å². The molecular weight excluding hydrogens is 348 g/mol. The molecule has 3 nitrogen and oxygen atoms in total. The third-order valence-electron chi connectivity index (χ3n) is 3.84. The van der Waals surface area contributed by atoms with Gasteiger partial charge >= 0.3 is 0 Å². The number of thiophene rings is 1. The molecule has 2 atom stereocenters. The normalized spacial score (nSPS) is 14.2. The monoisotopic (exact) mass is 368 g/mol. The molecule has 0 saturated heterocycles. The molecule has 1 aromatic carbocycles. The largest absolute Gasteiger partial charge is 0.497 e. The lowest BCUT2D eigenvalue weighted by molar-refractivity contribution is 0.192. The zero-order chi connectivity index (χ0) is 15.4. The molecular formula is C16H21BrN2OS. The summed E-state index contributed by atoms with van der Waals surface area (Å²) in [6, 6.07) is 10.7. The van der Waals surface area contributed by atoms with E-state index in [-0.39, 0.29) is 6.04 Å². The highest BCUT2D eigenvalue weighted by molar-refractivity contribution is 9.10. The second kappa shape index (κ2) is 7.40. The molecule has 2 unspecified atom stereocenters. The van der Waals surface area contributed by atoms with Gasteiger partial charge in [-0.1, -0.05) is 22.0 Å². The molecule has 0 saturated carbocycles. The van der Waals surface area contributed by atoms with Gasteiger partial charge < -0.3 is 10.5 Å². The Bertz CT molecular complexity index is 574. The summed E-state index contributed by atoms with van der Waals surface area (Å²) in [7, 11) is 3.80. The third-order valence-corrected chi connectivity index (χ3v) is 5.61. The van der Waals surface area contributed by atoms with E-state index >= 15 is 0 Å². The van der Waals surface area contributed by atoms with Crippen molar-refractivity contribution in [3.63, 3.8) is 0 Å². The zero-order valence-corrected chi connectivity index (χ0v) is 14.9. The molecule has 2 aromatic rings. The van der Waals surface area contributed by atoms with Crippen LogP contribution in [0, 0.1) is 0 Å². The number of likely N-dealkylation sites (N-methyl/N-ethyl adjacent to an activating group) is 1. The van der Waals surface area contributed by atoms with Crippen LogP contribution < -0.4 is 10.5 Å². The van der Waals surface area contributed by atoms with Crippen LogP contribution in [0.25, 0.3) is 0 Å². The summed E-state index contributed by atoms with van der Waals surface area (Å²) in [6.07, 6.45) is 0. The van der Waals surface area contributed by atoms with E-state index in [1.54, 1.807) is 18.4 Å². The van der Waals surface area contributed by atoms with Crippen molar-refractivity contribution in [3.8, 4) is 5.75 Å². The lowest BCUT2D eigenvalue weighted by Crippen LogP contribution is -2.32. The summed E-state index contributed by atoms with van der Waals surface area (Å²) >= 11 is 5.41. The second-order valence-electron chi connectivity index (χ2n) is 5.00. The first-order chi connectivity index (χ1) is 10.1. The molecule has 0 fully saturated rings. The first-order valence-corrected chi connectivity index (χ1v) is 8.54. The number of rotatable bonds is 6. The molecule has 21 heavy (non-hydrogen) atoms. The molecule has 5 heteroatoms. The lowest BCUT2D eigenvalue weighted by atomic mass is 10.0. The van der Waals surface area contributed by atoms with E-state index in [2.05, 4.69) is 58.4 Å². The van der Waals surface area contributed by atoms with Gasteiger partial charge in [-0.15, -0.1) is 11.3 Å². The molecule has 1 heterocycles. The number of halogens is 1. The Labute approximate surface area is 138 Å². The van der Waals surface area contributed by atoms with Gasteiger partial charge in [0.1, 0.15) is 5.75 Å². The van der Waals surface area contributed by atoms with Crippen LogP contribution >= 0.6 is 27.3 Å². The highest BCUT2D eigenvalue weighted by atomic mass is 79.9. The van der Waals surface area contributed by atoms with Crippen molar-refractivity contribution in [2.24, 2.45) is 5.73 Å². The van der Waals surface area contributed by atoms with E-state index in [1.165, 1.54) is 4.88 Å². The van der Waals surface area contributed by atoms with E-state index in [9.17, 15) is 0 Å². The maximum atomic E-state index is 6.06. The van der Waals surface area contributed by atoms with Crippen molar-refractivity contribution in [3.05, 3.63) is 50.6 Å². The summed E-state index contributed by atoms with van der Waals surface area (Å²) < 4.78 is 6.40. The molecule has 0 amide bonds. The number of methoxy groups -OCH3 is 1. The molecule has 0 bridgehead atoms. The predicted octanol–water partition coefficient (Wildman–Crippen LogP) is 4.21. The summed E-state index contributed by atoms with van der Waals surface area (Å²) in [5, 5.41) is 2.11. The predicted molar refractivity (Wildman–Crippen MR) is 93.0 cm³/mol. The molecule has 0 aliphatic heterocycles. The maximum absolute atomic E-state index is 6.06. The van der Waals surface area contributed by atoms with Crippen LogP contribution in [0.3, 0.4) is 0 Å². The smallest absolute Gasteiger partial charge is 0.119 e. The summed E-state index contributed by atoms with van der Waals surface area (Å²) in [5.41, 5.74) is 7.21. The van der Waals surface area contributed by atoms with Crippen LogP contribution in [0.2, 0.25) is 0 Å². The van der Waals surface area contributed by atoms with Gasteiger partial charge in [-0.3, -0.25) is 4.90 Å². The van der Waals surface area contributed by atoms with Crippen LogP contribution in [0.15, 0.2) is 40.2 Å². The molecule has 0 aliphatic carbocycles. The van der Waals surface area contributed by atoms with Gasteiger partial charge in [-0.05, 0) is 49.2 Å². The molecule has 1 aromatic heterocycles. The quantitative estimate of drug-likeness (QED) is 0.829. The Morgan fingerprint density at radius 2 is 2.14 bits per heavy atom. The number of benzene rings is 1. The van der Waals surface area contributed by atoms with Crippen molar-refractivity contribution in [1.29, 1.82) is 0 Å². The van der Waals surface area contributed by atoms with Crippen LogP contribution in [0.5, 0.6) is 5.75 Å². The van der Waals surface area contributed by atoms with E-state index in [0.717, 1.165) is 15.8 Å². The van der Waals surface area contributed by atoms with E-state index in [1.807, 2.05) is 12.1 Å². The third kappa shape index (κ3) is 3.66. The van der Waals surface area contributed by atoms with Crippen molar-refractivity contribution in [1.82, 2.24) is 4.90 Å². The van der Waals surface area contributed by atoms with Gasteiger partial charge in [0.15, 0.2) is 0 Å². The Morgan fingerprint density at radius 1 is 1.38 bits per heavy atom. The van der Waals surface area contributed by atoms with Crippen LogP contribution in [-0.2, 0) is 0 Å². The minimum Gasteiger partial charge on any atom is -0.497 e. The maximum Gasteiger partial charge on any atom is 0.119 e. The van der Waals surface area contributed by atoms with Gasteiger partial charge in [-0.25, -0.2) is 0 Å². The molecule has 0 radical (unpaired) electrons. The van der Waals surface area contributed by atoms with Crippen LogP contribution in [0.1, 0.15) is 29.4 Å². The van der Waals surface area contributed by atoms with Crippen molar-refractivity contribution in [2.75, 3.05) is 20.7 Å². The van der Waals surface area contributed by atoms with E-state index < -0.39 is 0 Å². The van der Waals surface area contributed by atoms with Crippen LogP contribution in [0.4, 0.5) is 0 Å². The van der Waals surface area contributed by atoms with Gasteiger partial charge in [0.05, 0.1) is 7.11 Å². The fraction of sp³-hybridized carbons (Fsp3) is 0.375. The SMILES string of the molecule is COc1ccc(Br)c(C(CN)N(C)C(C)c2cccs2)c1. The van der Waals surface area contributed by atoms with Crippen molar-refractivity contribution < 1.29 is 4.74 Å². The second-order valence-corrected chi connectivity index (χ2v) is 6.83. The van der Waals surface area contributed by atoms with E-state index in [4.69, 9.17) is 10.5 Å². The first-order valence-electron chi connectivity index (χ1n) is 6.87. The molecule has 2 rings (SSSR count). The van der Waals surface area contributed by atoms with E-state index in [0.29, 0.717) is 12.6 Å². The Morgan fingerprint density at radius 3 is 2.71 bits per heavy atom. The molecule has 2 N–H and O–H groups in total. The highest BCUT2D eigenvalue weighted by Crippen LogP contribution is 2.35. The Kier molecular flexibility index (Phi) is 5.81. The Hall–Kier alpha value is -0.880. The number of nitrogens with two attached hydrogens (primary N) is 1. The molecule has 0 spiro atoms. The fourth-order valence-corrected chi connectivity index (χ4v) is 3.76. The number of hydrogen-bond donors (Lipinski definition) is 1. The van der Waals surface area contributed by atoms with Crippen molar-refractivity contribution in [2.45, 2.75) is 19.0 Å². The number of hydrogen-bond acceptors (Lipinski definition) is 4. The fourth-order valence-electron chi connectivity index (χ4n) is 2.42. The molecule has 114 valence electrons. The standard InChI is InChI=1S/C16H21BrN2OS/c1-11(16-5-4-8-21-16)19(2)15(10-18)13-9-12(20-3)6-7-14(13)17/h4-9,11,15H,10,18H2,1-3H3. The van der Waals surface area contributed by atoms with Crippen molar-refractivity contribution >= 4 is 27.3 Å². The average Bonchev–Trinajstić information content (AvgIpc) is 3.03. The minimum absolute atomic E-state index is 0.131. The lowest BCUT2D eigenvalue weighted by Gasteiger charge is -2.33. The number of nitrogens with zero attached hydrogens (tertiary/aromatic N) is 1. The first kappa shape index (κ1) is 16.5. The van der Waals surface area contributed by atoms with Gasteiger partial charge in [0, 0.05) is 28.0 Å². The highest BCUT2D eigenvalue weighted by Gasteiger charge is 2.24. The van der Waals surface area contributed by atoms with Gasteiger partial charge in [0.25, 0.3) is 0 Å². The Balaban J connectivity index is 2.30. The summed E-state index contributed by atoms with van der Waals surface area (Å²) in [5.74, 6) is 0.851. The summed E-state index contributed by atoms with van der Waals surface area (Å²) in [6.45, 7) is 2.76. The molecule has 0 aliphatic rings. The minimum atomic E-state index is 0.131. The average molecular weight is 369 g/mol. The number of ether oxygens (including phenoxy) is 1. The summed E-state index contributed by atoms with van der Waals surface area (Å²) in [4.78, 5) is 3.65. The van der Waals surface area contributed by atoms with Gasteiger partial charge in [-0.2, -0.15) is 0 Å².